The Morgan fingerprint density at radius 3 is 2.41 bits per heavy atom. The molecule has 0 aliphatic heterocycles. The Hall–Kier alpha value is -1.57. The monoisotopic (exact) mass is 232 g/mol. The Morgan fingerprint density at radius 2 is 1.94 bits per heavy atom. The molecule has 0 amide bonds. The summed E-state index contributed by atoms with van der Waals surface area (Å²) in [7, 11) is 0. The van der Waals surface area contributed by atoms with Crippen LogP contribution in [0.1, 0.15) is 38.9 Å². The van der Waals surface area contributed by atoms with E-state index in [0.717, 1.165) is 5.56 Å². The SMILES string of the molecule is C=CCC(OC(=O)C(C)(C)C)c1ccccc1. The molecule has 0 heterocycles. The van der Waals surface area contributed by atoms with Gasteiger partial charge in [0.05, 0.1) is 5.41 Å². The number of rotatable bonds is 4. The van der Waals surface area contributed by atoms with Crippen molar-refractivity contribution in [3.63, 3.8) is 0 Å². The number of carbonyl (C=O) groups excluding carboxylic acids is 1. The summed E-state index contributed by atoms with van der Waals surface area (Å²) in [4.78, 5) is 11.9. The Balaban J connectivity index is 2.81. The van der Waals surface area contributed by atoms with Crippen LogP contribution in [0.2, 0.25) is 0 Å². The van der Waals surface area contributed by atoms with Crippen molar-refractivity contribution < 1.29 is 9.53 Å². The molecule has 1 aromatic carbocycles. The van der Waals surface area contributed by atoms with E-state index in [1.807, 2.05) is 51.1 Å². The third-order valence-corrected chi connectivity index (χ3v) is 2.41. The standard InChI is InChI=1S/C15H20O2/c1-5-9-13(12-10-7-6-8-11-12)17-14(16)15(2,3)4/h5-8,10-11,13H,1,9H2,2-4H3. The van der Waals surface area contributed by atoms with Crippen LogP contribution in [0.5, 0.6) is 0 Å². The Bertz CT molecular complexity index is 374. The van der Waals surface area contributed by atoms with Crippen LogP contribution in [0, 0.1) is 5.41 Å². The van der Waals surface area contributed by atoms with Crippen molar-refractivity contribution in [2.75, 3.05) is 0 Å². The zero-order chi connectivity index (χ0) is 12.9. The largest absolute Gasteiger partial charge is 0.457 e. The van der Waals surface area contributed by atoms with Gasteiger partial charge in [0.25, 0.3) is 0 Å². The van der Waals surface area contributed by atoms with Crippen LogP contribution in [-0.4, -0.2) is 5.97 Å². The second-order valence-corrected chi connectivity index (χ2v) is 5.08. The predicted molar refractivity (Wildman–Crippen MR) is 69.5 cm³/mol. The van der Waals surface area contributed by atoms with Crippen LogP contribution in [-0.2, 0) is 9.53 Å². The smallest absolute Gasteiger partial charge is 0.311 e. The summed E-state index contributed by atoms with van der Waals surface area (Å²) in [5.74, 6) is -0.187. The van der Waals surface area contributed by atoms with Crippen molar-refractivity contribution in [2.45, 2.75) is 33.3 Å². The molecule has 1 aromatic rings. The first-order valence-electron chi connectivity index (χ1n) is 5.82. The third kappa shape index (κ3) is 4.06. The Kier molecular flexibility index (Phi) is 4.50. The summed E-state index contributed by atoms with van der Waals surface area (Å²) in [5, 5.41) is 0. The van der Waals surface area contributed by atoms with Gasteiger partial charge in [-0.1, -0.05) is 36.4 Å². The molecule has 2 nitrogen and oxygen atoms in total. The average molecular weight is 232 g/mol. The Labute approximate surface area is 103 Å². The van der Waals surface area contributed by atoms with Gasteiger partial charge in [0, 0.05) is 6.42 Å². The molecule has 1 rings (SSSR count). The van der Waals surface area contributed by atoms with Gasteiger partial charge < -0.3 is 4.74 Å². The molecule has 0 aromatic heterocycles. The zero-order valence-electron chi connectivity index (χ0n) is 10.8. The van der Waals surface area contributed by atoms with Crippen molar-refractivity contribution in [1.82, 2.24) is 0 Å². The minimum atomic E-state index is -0.478. The molecule has 2 heteroatoms. The summed E-state index contributed by atoms with van der Waals surface area (Å²) < 4.78 is 5.53. The summed E-state index contributed by atoms with van der Waals surface area (Å²) in [6.45, 7) is 9.26. The maximum absolute atomic E-state index is 11.9. The second kappa shape index (κ2) is 5.67. The summed E-state index contributed by atoms with van der Waals surface area (Å²) >= 11 is 0. The summed E-state index contributed by atoms with van der Waals surface area (Å²) in [6.07, 6.45) is 2.17. The van der Waals surface area contributed by atoms with Gasteiger partial charge in [-0.05, 0) is 26.3 Å². The zero-order valence-corrected chi connectivity index (χ0v) is 10.8. The fraction of sp³-hybridized carbons (Fsp3) is 0.400. The molecule has 0 N–H and O–H groups in total. The van der Waals surface area contributed by atoms with E-state index in [1.165, 1.54) is 0 Å². The van der Waals surface area contributed by atoms with Gasteiger partial charge in [0.15, 0.2) is 0 Å². The molecular formula is C15H20O2. The molecule has 0 aliphatic carbocycles. The van der Waals surface area contributed by atoms with E-state index < -0.39 is 5.41 Å². The fourth-order valence-electron chi connectivity index (χ4n) is 1.38. The van der Waals surface area contributed by atoms with E-state index in [1.54, 1.807) is 6.08 Å². The van der Waals surface area contributed by atoms with Crippen molar-refractivity contribution in [3.8, 4) is 0 Å². The predicted octanol–water partition coefficient (Wildman–Crippen LogP) is 3.89. The molecule has 0 fully saturated rings. The number of carbonyl (C=O) groups is 1. The first kappa shape index (κ1) is 13.5. The lowest BCUT2D eigenvalue weighted by atomic mass is 9.97. The number of hydrogen-bond donors (Lipinski definition) is 0. The molecule has 17 heavy (non-hydrogen) atoms. The lowest BCUT2D eigenvalue weighted by Gasteiger charge is -2.22. The highest BCUT2D eigenvalue weighted by Gasteiger charge is 2.26. The van der Waals surface area contributed by atoms with Gasteiger partial charge in [-0.3, -0.25) is 4.79 Å². The van der Waals surface area contributed by atoms with Gasteiger partial charge in [-0.15, -0.1) is 6.58 Å². The molecule has 0 aliphatic rings. The first-order valence-corrected chi connectivity index (χ1v) is 5.82. The van der Waals surface area contributed by atoms with Gasteiger partial charge >= 0.3 is 5.97 Å². The summed E-state index contributed by atoms with van der Waals surface area (Å²) in [6, 6.07) is 9.75. The third-order valence-electron chi connectivity index (χ3n) is 2.41. The van der Waals surface area contributed by atoms with E-state index in [4.69, 9.17) is 4.74 Å². The van der Waals surface area contributed by atoms with Crippen LogP contribution in [0.4, 0.5) is 0 Å². The fourth-order valence-corrected chi connectivity index (χ4v) is 1.38. The van der Waals surface area contributed by atoms with Gasteiger partial charge in [-0.25, -0.2) is 0 Å². The van der Waals surface area contributed by atoms with Crippen LogP contribution >= 0.6 is 0 Å². The average Bonchev–Trinajstić information content (AvgIpc) is 2.28. The minimum Gasteiger partial charge on any atom is -0.457 e. The molecule has 0 saturated carbocycles. The molecule has 0 spiro atoms. The van der Waals surface area contributed by atoms with E-state index in [9.17, 15) is 4.79 Å². The normalized spacial score (nSPS) is 12.9. The van der Waals surface area contributed by atoms with Crippen LogP contribution in [0.25, 0.3) is 0 Å². The second-order valence-electron chi connectivity index (χ2n) is 5.08. The Morgan fingerprint density at radius 1 is 1.35 bits per heavy atom. The molecule has 92 valence electrons. The topological polar surface area (TPSA) is 26.3 Å². The lowest BCUT2D eigenvalue weighted by molar-refractivity contribution is -0.158. The van der Waals surface area contributed by atoms with Crippen LogP contribution in [0.15, 0.2) is 43.0 Å². The molecule has 0 saturated heterocycles. The lowest BCUT2D eigenvalue weighted by Crippen LogP contribution is -2.24. The highest BCUT2D eigenvalue weighted by atomic mass is 16.5. The van der Waals surface area contributed by atoms with Crippen molar-refractivity contribution in [1.29, 1.82) is 0 Å². The van der Waals surface area contributed by atoms with Gasteiger partial charge in [0.1, 0.15) is 6.10 Å². The highest BCUT2D eigenvalue weighted by Crippen LogP contribution is 2.26. The number of benzene rings is 1. The molecule has 1 atom stereocenters. The van der Waals surface area contributed by atoms with Gasteiger partial charge in [-0.2, -0.15) is 0 Å². The highest BCUT2D eigenvalue weighted by molar-refractivity contribution is 5.75. The number of ether oxygens (including phenoxy) is 1. The molecule has 0 radical (unpaired) electrons. The van der Waals surface area contributed by atoms with Crippen LogP contribution in [0.3, 0.4) is 0 Å². The van der Waals surface area contributed by atoms with E-state index in [2.05, 4.69) is 6.58 Å². The first-order chi connectivity index (χ1) is 7.95. The number of esters is 1. The maximum atomic E-state index is 11.9. The van der Waals surface area contributed by atoms with E-state index >= 15 is 0 Å². The van der Waals surface area contributed by atoms with Crippen molar-refractivity contribution >= 4 is 5.97 Å². The van der Waals surface area contributed by atoms with Gasteiger partial charge in [0.2, 0.25) is 0 Å². The van der Waals surface area contributed by atoms with Crippen molar-refractivity contribution in [3.05, 3.63) is 48.6 Å². The quantitative estimate of drug-likeness (QED) is 0.581. The van der Waals surface area contributed by atoms with Crippen molar-refractivity contribution in [2.24, 2.45) is 5.41 Å². The van der Waals surface area contributed by atoms with E-state index in [0.29, 0.717) is 6.42 Å². The molecular weight excluding hydrogens is 212 g/mol. The maximum Gasteiger partial charge on any atom is 0.311 e. The minimum absolute atomic E-state index is 0.187. The molecule has 1 unspecified atom stereocenters. The number of hydrogen-bond acceptors (Lipinski definition) is 2. The van der Waals surface area contributed by atoms with E-state index in [-0.39, 0.29) is 12.1 Å². The van der Waals surface area contributed by atoms with Crippen LogP contribution < -0.4 is 0 Å². The summed E-state index contributed by atoms with van der Waals surface area (Å²) in [5.41, 5.74) is 0.527. The molecule has 0 bridgehead atoms.